The van der Waals surface area contributed by atoms with Gasteiger partial charge in [-0.15, -0.1) is 0 Å². The van der Waals surface area contributed by atoms with Gasteiger partial charge in [0.2, 0.25) is 0 Å². The summed E-state index contributed by atoms with van der Waals surface area (Å²) in [5, 5.41) is 12.5. The minimum absolute atomic E-state index is 0.0143. The summed E-state index contributed by atoms with van der Waals surface area (Å²) < 4.78 is 33.8. The van der Waals surface area contributed by atoms with Crippen molar-refractivity contribution < 1.29 is 52.0 Å². The van der Waals surface area contributed by atoms with Crippen LogP contribution < -0.4 is 11.1 Å². The lowest BCUT2D eigenvalue weighted by atomic mass is 10.0. The highest BCUT2D eigenvalue weighted by Gasteiger charge is 2.27. The number of phenols is 1. The van der Waals surface area contributed by atoms with Gasteiger partial charge in [0.05, 0.1) is 33.3 Å². The van der Waals surface area contributed by atoms with Gasteiger partial charge < -0.3 is 35.0 Å². The average Bonchev–Trinajstić information content (AvgIpc) is 3.04. The molecule has 13 nitrogen and oxygen atoms in total. The monoisotopic (exact) mass is 730 g/mol. The summed E-state index contributed by atoms with van der Waals surface area (Å²) in [7, 11) is 1.28. The predicted octanol–water partition coefficient (Wildman–Crippen LogP) is 6.65. The van der Waals surface area contributed by atoms with Gasteiger partial charge in [-0.2, -0.15) is 0 Å². The quantitative estimate of drug-likeness (QED) is 0.0166. The van der Waals surface area contributed by atoms with Crippen molar-refractivity contribution in [3.05, 3.63) is 23.8 Å². The van der Waals surface area contributed by atoms with Crippen LogP contribution in [0.15, 0.2) is 18.2 Å². The fourth-order valence-corrected chi connectivity index (χ4v) is 5.72. The van der Waals surface area contributed by atoms with E-state index in [1.165, 1.54) is 76.0 Å². The van der Waals surface area contributed by atoms with Crippen LogP contribution in [-0.2, 0) is 32.7 Å². The fourth-order valence-electron chi connectivity index (χ4n) is 4.98. The summed E-state index contributed by atoms with van der Waals surface area (Å²) in [5.41, 5.74) is 6.08. The molecule has 5 N–H and O–H groups in total. The normalized spacial score (nSPS) is 13.4. The van der Waals surface area contributed by atoms with Crippen molar-refractivity contribution in [2.75, 3.05) is 59.8 Å². The summed E-state index contributed by atoms with van der Waals surface area (Å²) in [6.07, 6.45) is 15.4. The first-order valence-electron chi connectivity index (χ1n) is 18.4. The van der Waals surface area contributed by atoms with E-state index in [2.05, 4.69) is 12.2 Å². The molecule has 50 heavy (non-hydrogen) atoms. The number of hydrogen-bond acceptors (Lipinski definition) is 10. The topological polar surface area (TPSA) is 184 Å². The number of nitrogen functional groups attached to an aromatic ring is 1. The molecule has 1 aromatic carbocycles. The molecule has 2 atom stereocenters. The Morgan fingerprint density at radius 2 is 1.38 bits per heavy atom. The van der Waals surface area contributed by atoms with Gasteiger partial charge in [0.15, 0.2) is 6.10 Å². The smallest absolute Gasteiger partial charge is 0.472 e. The maximum atomic E-state index is 12.6. The van der Waals surface area contributed by atoms with Crippen molar-refractivity contribution in [3.63, 3.8) is 0 Å². The number of benzene rings is 1. The van der Waals surface area contributed by atoms with Gasteiger partial charge in [-0.3, -0.25) is 23.4 Å². The van der Waals surface area contributed by atoms with Gasteiger partial charge >= 0.3 is 19.8 Å². The lowest BCUT2D eigenvalue weighted by molar-refractivity contribution is -0.870. The van der Waals surface area contributed by atoms with Crippen molar-refractivity contribution in [2.24, 2.45) is 0 Å². The molecule has 0 aromatic heterocycles. The number of anilines is 1. The number of esters is 2. The molecule has 1 amide bonds. The Morgan fingerprint density at radius 3 is 1.98 bits per heavy atom. The molecule has 14 heteroatoms. The zero-order chi connectivity index (χ0) is 37.3. The number of hydrogen-bond donors (Lipinski definition) is 4. The molecule has 0 fully saturated rings. The van der Waals surface area contributed by atoms with Crippen molar-refractivity contribution in [1.82, 2.24) is 5.32 Å². The molecule has 1 aromatic rings. The van der Waals surface area contributed by atoms with E-state index in [0.29, 0.717) is 36.0 Å². The van der Waals surface area contributed by atoms with Crippen LogP contribution in [0.1, 0.15) is 126 Å². The largest absolute Gasteiger partial charge is 0.507 e. The van der Waals surface area contributed by atoms with Gasteiger partial charge in [0, 0.05) is 25.1 Å². The minimum Gasteiger partial charge on any atom is -0.507 e. The third-order valence-corrected chi connectivity index (χ3v) is 9.00. The van der Waals surface area contributed by atoms with Crippen LogP contribution in [0.4, 0.5) is 5.69 Å². The number of phosphoric acid groups is 1. The van der Waals surface area contributed by atoms with E-state index in [0.717, 1.165) is 19.3 Å². The Morgan fingerprint density at radius 1 is 0.820 bits per heavy atom. The second kappa shape index (κ2) is 26.1. The van der Waals surface area contributed by atoms with Crippen LogP contribution in [0.5, 0.6) is 5.75 Å². The molecule has 288 valence electrons. The number of amides is 1. The number of quaternary nitrogens is 1. The highest BCUT2D eigenvalue weighted by Crippen LogP contribution is 2.43. The minimum atomic E-state index is -4.45. The van der Waals surface area contributed by atoms with Gasteiger partial charge in [0.1, 0.15) is 25.5 Å². The Labute approximate surface area is 299 Å². The zero-order valence-electron chi connectivity index (χ0n) is 31.0. The molecular weight excluding hydrogens is 665 g/mol. The summed E-state index contributed by atoms with van der Waals surface area (Å²) >= 11 is 0. The number of rotatable bonds is 30. The molecule has 0 heterocycles. The Kier molecular flexibility index (Phi) is 23.7. The maximum Gasteiger partial charge on any atom is 0.472 e. The third-order valence-electron chi connectivity index (χ3n) is 8.01. The van der Waals surface area contributed by atoms with Crippen LogP contribution in [0.3, 0.4) is 0 Å². The second-order valence-electron chi connectivity index (χ2n) is 13.9. The first kappa shape index (κ1) is 45.3. The van der Waals surface area contributed by atoms with Crippen LogP contribution in [0.2, 0.25) is 0 Å². The number of carbonyl (C=O) groups excluding carboxylic acids is 3. The van der Waals surface area contributed by atoms with Crippen molar-refractivity contribution in [1.29, 1.82) is 0 Å². The third kappa shape index (κ3) is 24.4. The molecule has 0 bridgehead atoms. The molecule has 1 rings (SSSR count). The van der Waals surface area contributed by atoms with E-state index in [1.807, 2.05) is 21.1 Å². The molecule has 0 aliphatic rings. The molecule has 0 saturated carbocycles. The molecule has 0 aliphatic carbocycles. The first-order valence-corrected chi connectivity index (χ1v) is 19.9. The fraction of sp³-hybridized carbons (Fsp3) is 0.750. The van der Waals surface area contributed by atoms with Gasteiger partial charge in [-0.1, -0.05) is 84.0 Å². The standard InChI is InChI=1S/C36H64N3O10P/c1-5-6-7-8-9-10-11-12-13-14-15-16-17-20-34(41)46-28-31(29-48-50(44,45)47-26-25-39(2,3)4)49-35(42)21-18-19-24-38-36(43)32-27-30(37)22-23-33(32)40/h22-23,27,31H,5-21,24-26,28-29,37H2,1-4H3,(H2-,38,40,43,44,45)/p+1. The summed E-state index contributed by atoms with van der Waals surface area (Å²) in [4.78, 5) is 47.5. The number of likely N-dealkylation sites (N-methyl/N-ethyl adjacent to an activating group) is 1. The molecule has 0 aliphatic heterocycles. The van der Waals surface area contributed by atoms with E-state index in [1.54, 1.807) is 0 Å². The lowest BCUT2D eigenvalue weighted by Crippen LogP contribution is -2.37. The van der Waals surface area contributed by atoms with Crippen molar-refractivity contribution in [3.8, 4) is 5.75 Å². The van der Waals surface area contributed by atoms with E-state index in [9.17, 15) is 28.9 Å². The Hall–Kier alpha value is -2.70. The molecule has 0 spiro atoms. The average molecular weight is 731 g/mol. The van der Waals surface area contributed by atoms with Crippen LogP contribution in [-0.4, -0.2) is 92.5 Å². The van der Waals surface area contributed by atoms with E-state index < -0.39 is 38.4 Å². The van der Waals surface area contributed by atoms with Gasteiger partial charge in [-0.25, -0.2) is 4.57 Å². The second-order valence-corrected chi connectivity index (χ2v) is 15.3. The zero-order valence-corrected chi connectivity index (χ0v) is 31.9. The molecule has 0 radical (unpaired) electrons. The van der Waals surface area contributed by atoms with E-state index in [-0.39, 0.29) is 43.9 Å². The lowest BCUT2D eigenvalue weighted by Gasteiger charge is -2.24. The number of phenolic OH excluding ortho intramolecular Hbond substituents is 1. The summed E-state index contributed by atoms with van der Waals surface area (Å²) in [6.45, 7) is 2.07. The molecular formula is C36H65N3O10P+. The van der Waals surface area contributed by atoms with Crippen molar-refractivity contribution >= 4 is 31.4 Å². The molecule has 0 saturated heterocycles. The Bertz CT molecular complexity index is 1160. The van der Waals surface area contributed by atoms with Crippen molar-refractivity contribution in [2.45, 2.75) is 122 Å². The van der Waals surface area contributed by atoms with Crippen LogP contribution in [0, 0.1) is 0 Å². The van der Waals surface area contributed by atoms with E-state index >= 15 is 0 Å². The first-order chi connectivity index (χ1) is 23.7. The molecule has 2 unspecified atom stereocenters. The number of nitrogens with one attached hydrogen (secondary N) is 1. The number of unbranched alkanes of at least 4 members (excludes halogenated alkanes) is 13. The summed E-state index contributed by atoms with van der Waals surface area (Å²) in [6, 6.07) is 4.19. The highest BCUT2D eigenvalue weighted by molar-refractivity contribution is 7.47. The summed E-state index contributed by atoms with van der Waals surface area (Å²) in [5.74, 6) is -1.75. The number of carbonyl (C=O) groups is 3. The van der Waals surface area contributed by atoms with Gasteiger partial charge in [-0.05, 0) is 37.5 Å². The number of nitrogens with two attached hydrogens (primary N) is 1. The number of phosphoric ester groups is 1. The highest BCUT2D eigenvalue weighted by atomic mass is 31.2. The van der Waals surface area contributed by atoms with Crippen LogP contribution in [0.25, 0.3) is 0 Å². The SMILES string of the molecule is CCCCCCCCCCCCCCCC(=O)OCC(COP(=O)(O)OCC[N+](C)(C)C)OC(=O)CCCCNC(=O)c1cc(N)ccc1O. The number of nitrogens with zero attached hydrogens (tertiary/aromatic N) is 1. The predicted molar refractivity (Wildman–Crippen MR) is 194 cm³/mol. The Balaban J connectivity index is 2.43. The van der Waals surface area contributed by atoms with E-state index in [4.69, 9.17) is 24.3 Å². The number of aromatic hydroxyl groups is 1. The maximum absolute atomic E-state index is 12.6. The van der Waals surface area contributed by atoms with Gasteiger partial charge in [0.25, 0.3) is 5.91 Å². The number of ether oxygens (including phenoxy) is 2. The van der Waals surface area contributed by atoms with Crippen LogP contribution >= 0.6 is 7.82 Å².